The minimum Gasteiger partial charge on any atom is -0.447 e. The molecule has 1 unspecified atom stereocenters. The quantitative estimate of drug-likeness (QED) is 0.600. The first-order chi connectivity index (χ1) is 11.0. The Morgan fingerprint density at radius 1 is 1.22 bits per heavy atom. The van der Waals surface area contributed by atoms with Gasteiger partial charge in [-0.25, -0.2) is 0 Å². The number of aryl methyl sites for hydroxylation is 1. The summed E-state index contributed by atoms with van der Waals surface area (Å²) < 4.78 is 6.23. The lowest BCUT2D eigenvalue weighted by Crippen LogP contribution is -2.26. The maximum Gasteiger partial charge on any atom is 0.317 e. The number of primary amides is 1. The van der Waals surface area contributed by atoms with Crippen LogP contribution in [-0.4, -0.2) is 17.6 Å². The largest absolute Gasteiger partial charge is 0.447 e. The van der Waals surface area contributed by atoms with Gasteiger partial charge in [-0.2, -0.15) is 0 Å². The fraction of sp³-hybridized carbons (Fsp3) is 0.176. The van der Waals surface area contributed by atoms with E-state index >= 15 is 0 Å². The van der Waals surface area contributed by atoms with E-state index in [2.05, 4.69) is 15.9 Å². The Morgan fingerprint density at radius 2 is 1.91 bits per heavy atom. The molecule has 0 aliphatic rings. The normalized spacial score (nSPS) is 11.7. The third kappa shape index (κ3) is 5.11. The molecule has 0 aliphatic carbocycles. The maximum absolute atomic E-state index is 12.0. The number of thioether (sulfide) groups is 1. The monoisotopic (exact) mass is 393 g/mol. The topological polar surface area (TPSA) is 69.4 Å². The smallest absolute Gasteiger partial charge is 0.317 e. The molecule has 23 heavy (non-hydrogen) atoms. The number of amides is 1. The number of halogens is 1. The van der Waals surface area contributed by atoms with Crippen LogP contribution in [0.2, 0.25) is 0 Å². The zero-order chi connectivity index (χ0) is 16.8. The Kier molecular flexibility index (Phi) is 6.24. The van der Waals surface area contributed by atoms with Crippen LogP contribution >= 0.6 is 27.7 Å². The van der Waals surface area contributed by atoms with Crippen LogP contribution in [-0.2, 0) is 14.3 Å². The van der Waals surface area contributed by atoms with Gasteiger partial charge in [-0.05, 0) is 30.7 Å². The van der Waals surface area contributed by atoms with Gasteiger partial charge in [0.25, 0.3) is 5.91 Å². The van der Waals surface area contributed by atoms with Crippen molar-refractivity contribution in [1.82, 2.24) is 0 Å². The fourth-order valence-corrected chi connectivity index (χ4v) is 3.26. The summed E-state index contributed by atoms with van der Waals surface area (Å²) in [6, 6.07) is 14.6. The molecule has 0 bridgehead atoms. The van der Waals surface area contributed by atoms with Crippen molar-refractivity contribution in [2.45, 2.75) is 17.9 Å². The predicted molar refractivity (Wildman–Crippen MR) is 94.1 cm³/mol. The first kappa shape index (κ1) is 17.6. The molecule has 120 valence electrons. The lowest BCUT2D eigenvalue weighted by atomic mass is 10.1. The number of benzene rings is 2. The summed E-state index contributed by atoms with van der Waals surface area (Å²) in [6.45, 7) is 1.97. The molecule has 0 heterocycles. The van der Waals surface area contributed by atoms with Crippen LogP contribution in [0, 0.1) is 6.92 Å². The van der Waals surface area contributed by atoms with E-state index in [0.717, 1.165) is 14.9 Å². The van der Waals surface area contributed by atoms with E-state index in [1.807, 2.05) is 31.2 Å². The van der Waals surface area contributed by atoms with Crippen molar-refractivity contribution in [2.24, 2.45) is 5.73 Å². The summed E-state index contributed by atoms with van der Waals surface area (Å²) in [5, 5.41) is 0. The van der Waals surface area contributed by atoms with Crippen molar-refractivity contribution in [3.8, 4) is 0 Å². The van der Waals surface area contributed by atoms with Gasteiger partial charge in [0.05, 0.1) is 5.75 Å². The molecule has 0 aromatic heterocycles. The van der Waals surface area contributed by atoms with Crippen molar-refractivity contribution >= 4 is 39.6 Å². The molecule has 2 aromatic carbocycles. The number of hydrogen-bond acceptors (Lipinski definition) is 4. The molecule has 0 aliphatic heterocycles. The summed E-state index contributed by atoms with van der Waals surface area (Å²) in [6.07, 6.45) is -1.06. The predicted octanol–water partition coefficient (Wildman–Crippen LogP) is 3.62. The van der Waals surface area contributed by atoms with Gasteiger partial charge in [0.2, 0.25) is 6.10 Å². The molecule has 0 spiro atoms. The summed E-state index contributed by atoms with van der Waals surface area (Å²) in [5.41, 5.74) is 6.97. The number of carbonyl (C=O) groups excluding carboxylic acids is 2. The highest BCUT2D eigenvalue weighted by Gasteiger charge is 2.22. The molecule has 0 saturated heterocycles. The highest BCUT2D eigenvalue weighted by atomic mass is 79.9. The highest BCUT2D eigenvalue weighted by molar-refractivity contribution is 9.10. The van der Waals surface area contributed by atoms with Crippen LogP contribution in [0.4, 0.5) is 0 Å². The number of hydrogen-bond donors (Lipinski definition) is 1. The van der Waals surface area contributed by atoms with E-state index in [1.165, 1.54) is 11.8 Å². The SMILES string of the molecule is Cc1cc(Br)ccc1SCC(=O)OC(C(N)=O)c1ccccc1. The number of rotatable bonds is 6. The van der Waals surface area contributed by atoms with Crippen LogP contribution < -0.4 is 5.73 Å². The van der Waals surface area contributed by atoms with E-state index in [4.69, 9.17) is 10.5 Å². The summed E-state index contributed by atoms with van der Waals surface area (Å²) in [5.74, 6) is -1.06. The van der Waals surface area contributed by atoms with Gasteiger partial charge in [-0.1, -0.05) is 46.3 Å². The molecule has 2 rings (SSSR count). The molecule has 2 aromatic rings. The second-order valence-corrected chi connectivity index (χ2v) is 6.81. The molecule has 0 fully saturated rings. The van der Waals surface area contributed by atoms with Gasteiger partial charge in [-0.15, -0.1) is 11.8 Å². The van der Waals surface area contributed by atoms with Gasteiger partial charge in [-0.3, -0.25) is 9.59 Å². The van der Waals surface area contributed by atoms with Gasteiger partial charge in [0.15, 0.2) is 0 Å². The number of carbonyl (C=O) groups is 2. The third-order valence-electron chi connectivity index (χ3n) is 3.09. The molecule has 0 radical (unpaired) electrons. The van der Waals surface area contributed by atoms with Gasteiger partial charge in [0, 0.05) is 14.9 Å². The zero-order valence-electron chi connectivity index (χ0n) is 12.5. The lowest BCUT2D eigenvalue weighted by Gasteiger charge is -2.15. The van der Waals surface area contributed by atoms with E-state index in [1.54, 1.807) is 24.3 Å². The minimum absolute atomic E-state index is 0.110. The molecule has 1 amide bonds. The summed E-state index contributed by atoms with van der Waals surface area (Å²) >= 11 is 4.76. The van der Waals surface area contributed by atoms with Crippen LogP contribution in [0.5, 0.6) is 0 Å². The number of nitrogens with two attached hydrogens (primary N) is 1. The van der Waals surface area contributed by atoms with Gasteiger partial charge < -0.3 is 10.5 Å². The summed E-state index contributed by atoms with van der Waals surface area (Å²) in [4.78, 5) is 24.5. The lowest BCUT2D eigenvalue weighted by molar-refractivity contribution is -0.152. The minimum atomic E-state index is -1.06. The second kappa shape index (κ2) is 8.17. The molecular formula is C17H16BrNO3S. The first-order valence-electron chi connectivity index (χ1n) is 6.90. The zero-order valence-corrected chi connectivity index (χ0v) is 14.9. The fourth-order valence-electron chi connectivity index (χ4n) is 2.00. The molecular weight excluding hydrogens is 378 g/mol. The average molecular weight is 394 g/mol. The Morgan fingerprint density at radius 3 is 2.52 bits per heavy atom. The summed E-state index contributed by atoms with van der Waals surface area (Å²) in [7, 11) is 0. The van der Waals surface area contributed by atoms with Crippen molar-refractivity contribution in [1.29, 1.82) is 0 Å². The highest BCUT2D eigenvalue weighted by Crippen LogP contribution is 2.26. The molecule has 1 atom stereocenters. The Labute approximate surface area is 147 Å². The van der Waals surface area contributed by atoms with Crippen LogP contribution in [0.3, 0.4) is 0 Å². The first-order valence-corrected chi connectivity index (χ1v) is 8.68. The standard InChI is InChI=1S/C17H16BrNO3S/c1-11-9-13(18)7-8-14(11)23-10-15(20)22-16(17(19)21)12-5-3-2-4-6-12/h2-9,16H,10H2,1H3,(H2,19,21). The van der Waals surface area contributed by atoms with E-state index < -0.39 is 18.0 Å². The van der Waals surface area contributed by atoms with Crippen LogP contribution in [0.1, 0.15) is 17.2 Å². The third-order valence-corrected chi connectivity index (χ3v) is 4.73. The molecule has 0 saturated carbocycles. The van der Waals surface area contributed by atoms with Crippen molar-refractivity contribution in [3.05, 3.63) is 64.1 Å². The second-order valence-electron chi connectivity index (χ2n) is 4.88. The molecule has 2 N–H and O–H groups in total. The maximum atomic E-state index is 12.0. The van der Waals surface area contributed by atoms with Crippen molar-refractivity contribution in [2.75, 3.05) is 5.75 Å². The van der Waals surface area contributed by atoms with E-state index in [-0.39, 0.29) is 5.75 Å². The number of esters is 1. The Balaban J connectivity index is 1.98. The van der Waals surface area contributed by atoms with Crippen LogP contribution in [0.25, 0.3) is 0 Å². The van der Waals surface area contributed by atoms with E-state index in [0.29, 0.717) is 5.56 Å². The number of ether oxygens (including phenoxy) is 1. The van der Waals surface area contributed by atoms with E-state index in [9.17, 15) is 9.59 Å². The van der Waals surface area contributed by atoms with Crippen molar-refractivity contribution < 1.29 is 14.3 Å². The molecule has 4 nitrogen and oxygen atoms in total. The average Bonchev–Trinajstić information content (AvgIpc) is 2.52. The molecule has 6 heteroatoms. The van der Waals surface area contributed by atoms with Gasteiger partial charge in [0.1, 0.15) is 0 Å². The van der Waals surface area contributed by atoms with Crippen LogP contribution in [0.15, 0.2) is 57.9 Å². The Hall–Kier alpha value is -1.79. The Bertz CT molecular complexity index is 706. The van der Waals surface area contributed by atoms with Gasteiger partial charge >= 0.3 is 5.97 Å². The van der Waals surface area contributed by atoms with Crippen molar-refractivity contribution in [3.63, 3.8) is 0 Å².